The van der Waals surface area contributed by atoms with Crippen molar-refractivity contribution >= 4 is 51.6 Å². The molecule has 1 aliphatic heterocycles. The second kappa shape index (κ2) is 7.75. The van der Waals surface area contributed by atoms with Crippen LogP contribution in [0.4, 0.5) is 5.13 Å². The third-order valence-corrected chi connectivity index (χ3v) is 4.60. The number of hydrogen-bond donors (Lipinski definition) is 2. The van der Waals surface area contributed by atoms with Crippen molar-refractivity contribution in [1.82, 2.24) is 15.7 Å². The van der Waals surface area contributed by atoms with E-state index in [0.29, 0.717) is 10.3 Å². The molecular formula is C12H18ClN5S2. The summed E-state index contributed by atoms with van der Waals surface area (Å²) in [5.74, 6) is 0. The van der Waals surface area contributed by atoms with Crippen LogP contribution in [-0.4, -0.2) is 35.9 Å². The second-order valence-corrected chi connectivity index (χ2v) is 6.20. The molecule has 1 aromatic rings. The highest BCUT2D eigenvalue weighted by Gasteiger charge is 2.16. The Balaban J connectivity index is 1.96. The largest absolute Gasteiger partial charge is 0.362 e. The maximum Gasteiger partial charge on any atom is 0.187 e. The molecule has 1 aliphatic rings. The summed E-state index contributed by atoms with van der Waals surface area (Å²) in [4.78, 5) is 7.54. The standard InChI is InChI=1S/C12H18ClN5S2/c1-2-14-11(19)17-15-8-9-10(13)16-12(20-9)18-6-4-3-5-7-18/h8H,2-7H2,1H3,(H2,14,17,19)/b15-8-. The van der Waals surface area contributed by atoms with Crippen LogP contribution in [0, 0.1) is 0 Å². The number of hydrogen-bond acceptors (Lipinski definition) is 5. The lowest BCUT2D eigenvalue weighted by Crippen LogP contribution is -2.31. The summed E-state index contributed by atoms with van der Waals surface area (Å²) < 4.78 is 0. The van der Waals surface area contributed by atoms with Crippen molar-refractivity contribution in [3.8, 4) is 0 Å². The van der Waals surface area contributed by atoms with Gasteiger partial charge in [-0.15, -0.1) is 0 Å². The summed E-state index contributed by atoms with van der Waals surface area (Å²) in [5, 5.41) is 9.00. The predicted molar refractivity (Wildman–Crippen MR) is 90.2 cm³/mol. The Labute approximate surface area is 133 Å². The summed E-state index contributed by atoms with van der Waals surface area (Å²) in [6, 6.07) is 0. The summed E-state index contributed by atoms with van der Waals surface area (Å²) in [6.07, 6.45) is 5.41. The third-order valence-electron chi connectivity index (χ3n) is 2.91. The monoisotopic (exact) mass is 331 g/mol. The van der Waals surface area contributed by atoms with Gasteiger partial charge in [0.25, 0.3) is 0 Å². The smallest absolute Gasteiger partial charge is 0.187 e. The first-order valence-corrected chi connectivity index (χ1v) is 8.29. The Morgan fingerprint density at radius 3 is 2.95 bits per heavy atom. The molecule has 8 heteroatoms. The number of piperidine rings is 1. The van der Waals surface area contributed by atoms with Crippen molar-refractivity contribution < 1.29 is 0 Å². The van der Waals surface area contributed by atoms with Gasteiger partial charge in [-0.3, -0.25) is 5.43 Å². The number of aromatic nitrogens is 1. The van der Waals surface area contributed by atoms with Gasteiger partial charge in [0.15, 0.2) is 15.4 Å². The van der Waals surface area contributed by atoms with E-state index >= 15 is 0 Å². The Kier molecular flexibility index (Phi) is 6.00. The SMILES string of the molecule is CCNC(=S)N/N=C\c1sc(N2CCCCC2)nc1Cl. The third kappa shape index (κ3) is 4.29. The van der Waals surface area contributed by atoms with Gasteiger partial charge in [0.2, 0.25) is 0 Å². The van der Waals surface area contributed by atoms with E-state index in [-0.39, 0.29) is 0 Å². The molecule has 0 saturated carbocycles. The van der Waals surface area contributed by atoms with Gasteiger partial charge in [-0.2, -0.15) is 5.10 Å². The van der Waals surface area contributed by atoms with E-state index in [4.69, 9.17) is 23.8 Å². The van der Waals surface area contributed by atoms with Gasteiger partial charge in [-0.1, -0.05) is 22.9 Å². The van der Waals surface area contributed by atoms with E-state index in [1.54, 1.807) is 17.6 Å². The Hall–Kier alpha value is -0.920. The minimum atomic E-state index is 0.496. The minimum absolute atomic E-state index is 0.496. The van der Waals surface area contributed by atoms with Gasteiger partial charge in [-0.05, 0) is 38.4 Å². The van der Waals surface area contributed by atoms with Crippen LogP contribution in [0.2, 0.25) is 5.15 Å². The number of nitrogens with one attached hydrogen (secondary N) is 2. The molecular weight excluding hydrogens is 314 g/mol. The number of hydrazone groups is 1. The lowest BCUT2D eigenvalue weighted by Gasteiger charge is -2.25. The summed E-state index contributed by atoms with van der Waals surface area (Å²) >= 11 is 12.7. The molecule has 1 saturated heterocycles. The quantitative estimate of drug-likeness (QED) is 0.504. The Morgan fingerprint density at radius 1 is 1.50 bits per heavy atom. The van der Waals surface area contributed by atoms with E-state index < -0.39 is 0 Å². The number of thiazole rings is 1. The number of rotatable bonds is 4. The molecule has 110 valence electrons. The molecule has 0 unspecified atom stereocenters. The van der Waals surface area contributed by atoms with Crippen molar-refractivity contribution in [2.24, 2.45) is 5.10 Å². The molecule has 1 aromatic heterocycles. The molecule has 0 aromatic carbocycles. The first-order valence-electron chi connectivity index (χ1n) is 6.69. The van der Waals surface area contributed by atoms with Crippen LogP contribution in [0.3, 0.4) is 0 Å². The van der Waals surface area contributed by atoms with Crippen molar-refractivity contribution in [3.63, 3.8) is 0 Å². The molecule has 0 radical (unpaired) electrons. The highest BCUT2D eigenvalue weighted by atomic mass is 35.5. The molecule has 0 bridgehead atoms. The van der Waals surface area contributed by atoms with Crippen molar-refractivity contribution in [2.45, 2.75) is 26.2 Å². The van der Waals surface area contributed by atoms with Gasteiger partial charge in [0, 0.05) is 19.6 Å². The fourth-order valence-corrected chi connectivity index (χ4v) is 3.32. The van der Waals surface area contributed by atoms with Crippen LogP contribution in [0.25, 0.3) is 0 Å². The number of nitrogens with zero attached hydrogens (tertiary/aromatic N) is 3. The molecule has 2 heterocycles. The fourth-order valence-electron chi connectivity index (χ4n) is 1.95. The summed E-state index contributed by atoms with van der Waals surface area (Å²) in [6.45, 7) is 4.86. The Morgan fingerprint density at radius 2 is 2.25 bits per heavy atom. The zero-order valence-corrected chi connectivity index (χ0v) is 13.7. The molecule has 0 atom stereocenters. The second-order valence-electron chi connectivity index (χ2n) is 4.43. The van der Waals surface area contributed by atoms with Gasteiger partial charge >= 0.3 is 0 Å². The van der Waals surface area contributed by atoms with Gasteiger partial charge in [-0.25, -0.2) is 4.98 Å². The lowest BCUT2D eigenvalue weighted by molar-refractivity contribution is 0.577. The van der Waals surface area contributed by atoms with Gasteiger partial charge in [0.05, 0.1) is 11.1 Å². The zero-order valence-electron chi connectivity index (χ0n) is 11.4. The van der Waals surface area contributed by atoms with Crippen LogP contribution < -0.4 is 15.6 Å². The van der Waals surface area contributed by atoms with Crippen LogP contribution >= 0.6 is 35.2 Å². The van der Waals surface area contributed by atoms with Crippen LogP contribution in [-0.2, 0) is 0 Å². The normalized spacial score (nSPS) is 15.6. The highest BCUT2D eigenvalue weighted by molar-refractivity contribution is 7.80. The molecule has 0 amide bonds. The molecule has 0 aliphatic carbocycles. The highest BCUT2D eigenvalue weighted by Crippen LogP contribution is 2.30. The van der Waals surface area contributed by atoms with Gasteiger partial charge in [0.1, 0.15) is 0 Å². The molecule has 5 nitrogen and oxygen atoms in total. The first kappa shape index (κ1) is 15.5. The summed E-state index contributed by atoms with van der Waals surface area (Å²) in [5.41, 5.74) is 2.74. The van der Waals surface area contributed by atoms with E-state index in [0.717, 1.165) is 29.6 Å². The molecule has 0 spiro atoms. The fraction of sp³-hybridized carbons (Fsp3) is 0.583. The van der Waals surface area contributed by atoms with Crippen molar-refractivity contribution in [2.75, 3.05) is 24.5 Å². The molecule has 2 rings (SSSR count). The lowest BCUT2D eigenvalue weighted by atomic mass is 10.1. The van der Waals surface area contributed by atoms with E-state index in [1.165, 1.54) is 19.3 Å². The zero-order chi connectivity index (χ0) is 14.4. The molecule has 1 fully saturated rings. The number of anilines is 1. The minimum Gasteiger partial charge on any atom is -0.362 e. The van der Waals surface area contributed by atoms with Crippen molar-refractivity contribution in [1.29, 1.82) is 0 Å². The van der Waals surface area contributed by atoms with Crippen LogP contribution in [0.1, 0.15) is 31.1 Å². The van der Waals surface area contributed by atoms with Gasteiger partial charge < -0.3 is 10.2 Å². The van der Waals surface area contributed by atoms with Crippen LogP contribution in [0.5, 0.6) is 0 Å². The maximum absolute atomic E-state index is 6.15. The average molecular weight is 332 g/mol. The van der Waals surface area contributed by atoms with Crippen LogP contribution in [0.15, 0.2) is 5.10 Å². The van der Waals surface area contributed by atoms with Crippen molar-refractivity contribution in [3.05, 3.63) is 10.0 Å². The predicted octanol–water partition coefficient (Wildman–Crippen LogP) is 2.60. The molecule has 20 heavy (non-hydrogen) atoms. The molecule has 2 N–H and O–H groups in total. The van der Waals surface area contributed by atoms with E-state index in [2.05, 4.69) is 25.7 Å². The Bertz CT molecular complexity index is 482. The first-order chi connectivity index (χ1) is 9.70. The van der Waals surface area contributed by atoms with E-state index in [9.17, 15) is 0 Å². The number of halogens is 1. The number of thiocarbonyl (C=S) groups is 1. The summed E-state index contributed by atoms with van der Waals surface area (Å²) in [7, 11) is 0. The maximum atomic E-state index is 6.15. The average Bonchev–Trinajstić information content (AvgIpc) is 2.82. The topological polar surface area (TPSA) is 52.6 Å². The van der Waals surface area contributed by atoms with E-state index in [1.807, 2.05) is 6.92 Å².